The van der Waals surface area contributed by atoms with Crippen LogP contribution >= 0.6 is 0 Å². The largest absolute Gasteiger partial charge is 0.302 e. The predicted molar refractivity (Wildman–Crippen MR) is 52.7 cm³/mol. The fraction of sp³-hybridized carbons (Fsp3) is 0.300. The Labute approximate surface area is 82.9 Å². The minimum absolute atomic E-state index is 0.403. The van der Waals surface area contributed by atoms with E-state index in [4.69, 9.17) is 5.21 Å². The second kappa shape index (κ2) is 5.36. The number of amides is 1. The van der Waals surface area contributed by atoms with Gasteiger partial charge in [0.05, 0.1) is 6.04 Å². The fourth-order valence-corrected chi connectivity index (χ4v) is 1.06. The lowest BCUT2D eigenvalue weighted by atomic mass is 10.2. The van der Waals surface area contributed by atoms with Crippen LogP contribution in [0.5, 0.6) is 0 Å². The molecule has 1 atom stereocenters. The Bertz CT molecular complexity index is 287. The molecule has 0 aliphatic heterocycles. The quantitative estimate of drug-likeness (QED) is 0.487. The SMILES string of the molecule is C[C@H](NCc1ccccc1)C(=O)NO. The van der Waals surface area contributed by atoms with Gasteiger partial charge in [-0.05, 0) is 12.5 Å². The van der Waals surface area contributed by atoms with Gasteiger partial charge in [-0.3, -0.25) is 10.0 Å². The van der Waals surface area contributed by atoms with Crippen molar-refractivity contribution in [1.82, 2.24) is 10.8 Å². The Hall–Kier alpha value is -1.39. The van der Waals surface area contributed by atoms with Gasteiger partial charge >= 0.3 is 0 Å². The van der Waals surface area contributed by atoms with E-state index in [1.54, 1.807) is 12.4 Å². The summed E-state index contributed by atoms with van der Waals surface area (Å²) in [6.07, 6.45) is 0. The van der Waals surface area contributed by atoms with Gasteiger partial charge in [-0.1, -0.05) is 30.3 Å². The topological polar surface area (TPSA) is 61.4 Å². The van der Waals surface area contributed by atoms with E-state index in [0.717, 1.165) is 5.56 Å². The number of rotatable bonds is 4. The molecule has 1 aromatic carbocycles. The molecule has 4 heteroatoms. The van der Waals surface area contributed by atoms with Crippen molar-refractivity contribution in [2.45, 2.75) is 19.5 Å². The lowest BCUT2D eigenvalue weighted by Gasteiger charge is -2.11. The highest BCUT2D eigenvalue weighted by Crippen LogP contribution is 1.97. The van der Waals surface area contributed by atoms with E-state index in [1.807, 2.05) is 30.3 Å². The highest BCUT2D eigenvalue weighted by molar-refractivity contribution is 5.80. The molecule has 1 aromatic rings. The van der Waals surface area contributed by atoms with Crippen molar-refractivity contribution in [2.75, 3.05) is 0 Å². The molecule has 1 rings (SSSR count). The van der Waals surface area contributed by atoms with Crippen LogP contribution in [0.1, 0.15) is 12.5 Å². The number of hydroxylamine groups is 1. The minimum Gasteiger partial charge on any atom is -0.302 e. The van der Waals surface area contributed by atoms with Crippen molar-refractivity contribution in [1.29, 1.82) is 0 Å². The summed E-state index contributed by atoms with van der Waals surface area (Å²) in [6.45, 7) is 2.30. The molecule has 0 unspecified atom stereocenters. The zero-order chi connectivity index (χ0) is 10.4. The zero-order valence-electron chi connectivity index (χ0n) is 8.03. The van der Waals surface area contributed by atoms with E-state index < -0.39 is 11.9 Å². The molecule has 0 aliphatic carbocycles. The summed E-state index contributed by atoms with van der Waals surface area (Å²) >= 11 is 0. The molecule has 0 fully saturated rings. The summed E-state index contributed by atoms with van der Waals surface area (Å²) in [7, 11) is 0. The van der Waals surface area contributed by atoms with E-state index in [-0.39, 0.29) is 0 Å². The lowest BCUT2D eigenvalue weighted by molar-refractivity contribution is -0.131. The van der Waals surface area contributed by atoms with E-state index in [9.17, 15) is 4.79 Å². The van der Waals surface area contributed by atoms with Crippen LogP contribution in [0.3, 0.4) is 0 Å². The molecule has 76 valence electrons. The third kappa shape index (κ3) is 3.16. The average Bonchev–Trinajstić information content (AvgIpc) is 2.26. The van der Waals surface area contributed by atoms with E-state index in [0.29, 0.717) is 6.54 Å². The van der Waals surface area contributed by atoms with Crippen molar-refractivity contribution in [3.05, 3.63) is 35.9 Å². The number of carbonyl (C=O) groups excluding carboxylic acids is 1. The molecule has 0 aromatic heterocycles. The highest BCUT2D eigenvalue weighted by Gasteiger charge is 2.09. The maximum Gasteiger partial charge on any atom is 0.260 e. The van der Waals surface area contributed by atoms with Gasteiger partial charge in [-0.2, -0.15) is 0 Å². The molecule has 0 radical (unpaired) electrons. The summed E-state index contributed by atoms with van der Waals surface area (Å²) in [6, 6.07) is 9.35. The molecule has 0 aliphatic rings. The molecule has 0 saturated carbocycles. The van der Waals surface area contributed by atoms with Crippen LogP contribution in [0.25, 0.3) is 0 Å². The minimum atomic E-state index is -0.430. The molecule has 3 N–H and O–H groups in total. The van der Waals surface area contributed by atoms with Crippen LogP contribution in [0.4, 0.5) is 0 Å². The van der Waals surface area contributed by atoms with Crippen molar-refractivity contribution in [3.63, 3.8) is 0 Å². The first-order valence-electron chi connectivity index (χ1n) is 4.45. The van der Waals surface area contributed by atoms with Crippen molar-refractivity contribution in [3.8, 4) is 0 Å². The predicted octanol–water partition coefficient (Wildman–Crippen LogP) is 0.670. The monoisotopic (exact) mass is 194 g/mol. The lowest BCUT2D eigenvalue weighted by Crippen LogP contribution is -2.40. The average molecular weight is 194 g/mol. The molecule has 0 heterocycles. The smallest absolute Gasteiger partial charge is 0.260 e. The maximum atomic E-state index is 10.9. The standard InChI is InChI=1S/C10H14N2O2/c1-8(10(13)12-14)11-7-9-5-3-2-4-6-9/h2-6,8,11,14H,7H2,1H3,(H,12,13)/t8-/m0/s1. The van der Waals surface area contributed by atoms with Gasteiger partial charge < -0.3 is 5.32 Å². The van der Waals surface area contributed by atoms with Gasteiger partial charge in [0.2, 0.25) is 0 Å². The zero-order valence-corrected chi connectivity index (χ0v) is 8.03. The second-order valence-electron chi connectivity index (χ2n) is 3.06. The van der Waals surface area contributed by atoms with E-state index in [1.165, 1.54) is 0 Å². The number of hydrogen-bond acceptors (Lipinski definition) is 3. The Morgan fingerprint density at radius 1 is 1.43 bits per heavy atom. The molecular formula is C10H14N2O2. The van der Waals surface area contributed by atoms with Crippen molar-refractivity contribution in [2.24, 2.45) is 0 Å². The van der Waals surface area contributed by atoms with Crippen molar-refractivity contribution < 1.29 is 10.0 Å². The van der Waals surface area contributed by atoms with Crippen LogP contribution in [0.2, 0.25) is 0 Å². The molecule has 4 nitrogen and oxygen atoms in total. The first kappa shape index (κ1) is 10.7. The number of nitrogens with one attached hydrogen (secondary N) is 2. The third-order valence-corrected chi connectivity index (χ3v) is 1.96. The Balaban J connectivity index is 2.38. The van der Waals surface area contributed by atoms with Gasteiger partial charge in [-0.15, -0.1) is 0 Å². The molecule has 1 amide bonds. The molecular weight excluding hydrogens is 180 g/mol. The third-order valence-electron chi connectivity index (χ3n) is 1.96. The van der Waals surface area contributed by atoms with Crippen LogP contribution in [0, 0.1) is 0 Å². The summed E-state index contributed by atoms with van der Waals surface area (Å²) in [5.41, 5.74) is 2.70. The van der Waals surface area contributed by atoms with Crippen LogP contribution < -0.4 is 10.8 Å². The highest BCUT2D eigenvalue weighted by atomic mass is 16.5. The van der Waals surface area contributed by atoms with Gasteiger partial charge in [-0.25, -0.2) is 5.48 Å². The summed E-state index contributed by atoms with van der Waals surface area (Å²) in [4.78, 5) is 10.9. The Morgan fingerprint density at radius 2 is 2.07 bits per heavy atom. The fourth-order valence-electron chi connectivity index (χ4n) is 1.06. The summed E-state index contributed by atoms with van der Waals surface area (Å²) in [5.74, 6) is -0.430. The van der Waals surface area contributed by atoms with E-state index in [2.05, 4.69) is 5.32 Å². The number of carbonyl (C=O) groups is 1. The van der Waals surface area contributed by atoms with Crippen LogP contribution in [0.15, 0.2) is 30.3 Å². The van der Waals surface area contributed by atoms with Gasteiger partial charge in [0.1, 0.15) is 0 Å². The first-order valence-corrected chi connectivity index (χ1v) is 4.45. The van der Waals surface area contributed by atoms with Gasteiger partial charge in [0, 0.05) is 6.54 Å². The Morgan fingerprint density at radius 3 is 2.64 bits per heavy atom. The summed E-state index contributed by atoms with van der Waals surface area (Å²) in [5, 5.41) is 11.3. The van der Waals surface area contributed by atoms with Gasteiger partial charge in [0.25, 0.3) is 5.91 Å². The van der Waals surface area contributed by atoms with Gasteiger partial charge in [0.15, 0.2) is 0 Å². The summed E-state index contributed by atoms with van der Waals surface area (Å²) < 4.78 is 0. The van der Waals surface area contributed by atoms with E-state index >= 15 is 0 Å². The molecule has 0 bridgehead atoms. The normalized spacial score (nSPS) is 12.1. The maximum absolute atomic E-state index is 10.9. The number of benzene rings is 1. The van der Waals surface area contributed by atoms with Crippen LogP contribution in [-0.4, -0.2) is 17.2 Å². The second-order valence-corrected chi connectivity index (χ2v) is 3.06. The molecule has 0 saturated heterocycles. The van der Waals surface area contributed by atoms with Crippen LogP contribution in [-0.2, 0) is 11.3 Å². The molecule has 0 spiro atoms. The first-order chi connectivity index (χ1) is 6.74. The van der Waals surface area contributed by atoms with Crippen molar-refractivity contribution >= 4 is 5.91 Å². The molecule has 14 heavy (non-hydrogen) atoms. The Kier molecular flexibility index (Phi) is 4.10. The number of hydrogen-bond donors (Lipinski definition) is 3.